The predicted molar refractivity (Wildman–Crippen MR) is 48.4 cm³/mol. The van der Waals surface area contributed by atoms with E-state index in [2.05, 4.69) is 53.1 Å². The topological polar surface area (TPSA) is 29.1 Å². The summed E-state index contributed by atoms with van der Waals surface area (Å²) in [5, 5.41) is 2.33. The Balaban J connectivity index is 3.72. The van der Waals surface area contributed by atoms with Crippen molar-refractivity contribution in [3.8, 4) is 0 Å². The molecule has 0 aliphatic carbocycles. The average Bonchev–Trinajstić information content (AvgIpc) is 1.64. The van der Waals surface area contributed by atoms with E-state index in [1.54, 1.807) is 0 Å². The lowest BCUT2D eigenvalue weighted by atomic mass is 10.7. The molecular formula is C3H3Br3ClNO. The van der Waals surface area contributed by atoms with E-state index in [4.69, 9.17) is 11.6 Å². The quantitative estimate of drug-likeness (QED) is 0.464. The van der Waals surface area contributed by atoms with Gasteiger partial charge in [0.15, 0.2) is 2.14 Å². The molecule has 0 spiro atoms. The molecule has 2 nitrogen and oxygen atoms in total. The lowest BCUT2D eigenvalue weighted by Crippen LogP contribution is -2.32. The van der Waals surface area contributed by atoms with Crippen molar-refractivity contribution in [2.75, 3.05) is 0 Å². The van der Waals surface area contributed by atoms with Crippen molar-refractivity contribution in [1.29, 1.82) is 0 Å². The Kier molecular flexibility index (Phi) is 4.71. The van der Waals surface area contributed by atoms with Gasteiger partial charge in [0.05, 0.1) is 0 Å². The van der Waals surface area contributed by atoms with E-state index in [1.807, 2.05) is 0 Å². The summed E-state index contributed by atoms with van der Waals surface area (Å²) < 4.78 is -0.629. The summed E-state index contributed by atoms with van der Waals surface area (Å²) in [7, 11) is 0. The molecule has 0 aromatic rings. The maximum atomic E-state index is 9.80. The minimum atomic E-state index is -0.629. The monoisotopic (exact) mass is 341 g/mol. The van der Waals surface area contributed by atoms with Gasteiger partial charge in [0.1, 0.15) is 5.50 Å². The summed E-state index contributed by atoms with van der Waals surface area (Å²) in [5.41, 5.74) is -0.532. The van der Waals surface area contributed by atoms with Gasteiger partial charge in [-0.3, -0.25) is 4.79 Å². The van der Waals surface area contributed by atoms with E-state index in [0.29, 0.717) is 6.41 Å². The molecular weight excluding hydrogens is 341 g/mol. The third kappa shape index (κ3) is 4.58. The first-order valence-electron chi connectivity index (χ1n) is 1.89. The number of hydrogen-bond donors (Lipinski definition) is 1. The highest BCUT2D eigenvalue weighted by atomic mass is 80.0. The van der Waals surface area contributed by atoms with Gasteiger partial charge in [-0.25, -0.2) is 0 Å². The Labute approximate surface area is 83.1 Å². The summed E-state index contributed by atoms with van der Waals surface area (Å²) in [6.07, 6.45) is 0.524. The molecule has 0 fully saturated rings. The molecule has 0 saturated heterocycles. The molecule has 0 radical (unpaired) electrons. The smallest absolute Gasteiger partial charge is 0.208 e. The molecule has 6 heteroatoms. The summed E-state index contributed by atoms with van der Waals surface area (Å²) in [4.78, 5) is 9.80. The maximum Gasteiger partial charge on any atom is 0.208 e. The highest BCUT2D eigenvalue weighted by molar-refractivity contribution is 9.39. The molecule has 1 atom stereocenters. The molecule has 0 saturated carbocycles. The van der Waals surface area contributed by atoms with Crippen molar-refractivity contribution < 1.29 is 4.79 Å². The molecule has 1 unspecified atom stereocenters. The molecule has 0 aromatic carbocycles. The van der Waals surface area contributed by atoms with Gasteiger partial charge < -0.3 is 5.32 Å². The summed E-state index contributed by atoms with van der Waals surface area (Å²) in [5.74, 6) is 0. The van der Waals surface area contributed by atoms with Gasteiger partial charge in [-0.05, 0) is 0 Å². The van der Waals surface area contributed by atoms with Crippen molar-refractivity contribution in [3.63, 3.8) is 0 Å². The normalized spacial score (nSPS) is 14.7. The second-order valence-electron chi connectivity index (χ2n) is 1.19. The largest absolute Gasteiger partial charge is 0.340 e. The minimum Gasteiger partial charge on any atom is -0.340 e. The number of hydrogen-bond acceptors (Lipinski definition) is 1. The molecule has 1 N–H and O–H groups in total. The van der Waals surface area contributed by atoms with Crippen LogP contribution in [0.5, 0.6) is 0 Å². The standard InChI is InChI=1S/C3H3Br3ClNO/c4-3(5,6)2(7)8-1-9/h1-2H,(H,8,9). The van der Waals surface area contributed by atoms with Crippen molar-refractivity contribution in [2.45, 2.75) is 7.64 Å². The number of halogens is 4. The van der Waals surface area contributed by atoms with Crippen LogP contribution in [0.4, 0.5) is 0 Å². The van der Waals surface area contributed by atoms with Gasteiger partial charge in [0.25, 0.3) is 0 Å². The zero-order valence-corrected chi connectivity index (χ0v) is 9.59. The maximum absolute atomic E-state index is 9.80. The molecule has 54 valence electrons. The van der Waals surface area contributed by atoms with E-state index >= 15 is 0 Å². The fourth-order valence-electron chi connectivity index (χ4n) is 0.154. The Morgan fingerprint density at radius 1 is 1.56 bits per heavy atom. The molecule has 0 aliphatic heterocycles. The van der Waals surface area contributed by atoms with Crippen LogP contribution in [0.1, 0.15) is 0 Å². The first-order chi connectivity index (χ1) is 3.98. The summed E-state index contributed by atoms with van der Waals surface area (Å²) >= 11 is 14.9. The molecule has 0 heterocycles. The molecule has 0 aromatic heterocycles. The zero-order valence-electron chi connectivity index (χ0n) is 4.07. The predicted octanol–water partition coefficient (Wildman–Crippen LogP) is 2.14. The highest BCUT2D eigenvalue weighted by Crippen LogP contribution is 2.38. The number of rotatable bonds is 2. The van der Waals surface area contributed by atoms with Gasteiger partial charge in [-0.1, -0.05) is 59.4 Å². The second kappa shape index (κ2) is 4.16. The van der Waals surface area contributed by atoms with Crippen molar-refractivity contribution in [1.82, 2.24) is 5.32 Å². The Bertz CT molecular complexity index is 104. The van der Waals surface area contributed by atoms with Gasteiger partial charge in [0.2, 0.25) is 6.41 Å². The Morgan fingerprint density at radius 2 is 2.00 bits per heavy atom. The van der Waals surface area contributed by atoms with Gasteiger partial charge >= 0.3 is 0 Å². The first kappa shape index (κ1) is 10.2. The number of nitrogens with one attached hydrogen (secondary N) is 1. The molecule has 1 amide bonds. The average molecular weight is 344 g/mol. The number of carbonyl (C=O) groups is 1. The zero-order chi connectivity index (χ0) is 7.49. The fraction of sp³-hybridized carbons (Fsp3) is 0.667. The van der Waals surface area contributed by atoms with E-state index in [9.17, 15) is 4.79 Å². The molecule has 0 rings (SSSR count). The second-order valence-corrected chi connectivity index (χ2v) is 8.57. The molecule has 0 aliphatic rings. The van der Waals surface area contributed by atoms with Crippen molar-refractivity contribution in [2.24, 2.45) is 0 Å². The minimum absolute atomic E-state index is 0.524. The third-order valence-corrected chi connectivity index (χ3v) is 3.12. The number of amides is 1. The van der Waals surface area contributed by atoms with Crippen LogP contribution in [0, 0.1) is 0 Å². The third-order valence-electron chi connectivity index (χ3n) is 0.502. The lowest BCUT2D eigenvalue weighted by Gasteiger charge is -2.17. The fourth-order valence-corrected chi connectivity index (χ4v) is 0.602. The van der Waals surface area contributed by atoms with Crippen molar-refractivity contribution in [3.05, 3.63) is 0 Å². The van der Waals surface area contributed by atoms with Crippen molar-refractivity contribution >= 4 is 65.8 Å². The van der Waals surface area contributed by atoms with Crippen LogP contribution in [0.2, 0.25) is 0 Å². The molecule has 9 heavy (non-hydrogen) atoms. The number of carbonyl (C=O) groups excluding carboxylic acids is 1. The van der Waals surface area contributed by atoms with Crippen LogP contribution in [0.25, 0.3) is 0 Å². The lowest BCUT2D eigenvalue weighted by molar-refractivity contribution is -0.109. The van der Waals surface area contributed by atoms with Crippen LogP contribution in [0.15, 0.2) is 0 Å². The van der Waals surface area contributed by atoms with Gasteiger partial charge in [0, 0.05) is 0 Å². The Morgan fingerprint density at radius 3 is 2.11 bits per heavy atom. The SMILES string of the molecule is O=CNC(Cl)C(Br)(Br)Br. The van der Waals surface area contributed by atoms with E-state index in [1.165, 1.54) is 0 Å². The van der Waals surface area contributed by atoms with Crippen LogP contribution >= 0.6 is 59.4 Å². The summed E-state index contributed by atoms with van der Waals surface area (Å²) in [6.45, 7) is 0. The molecule has 0 bridgehead atoms. The van der Waals surface area contributed by atoms with E-state index in [-0.39, 0.29) is 0 Å². The Hall–Kier alpha value is 1.20. The van der Waals surface area contributed by atoms with Crippen LogP contribution < -0.4 is 5.32 Å². The number of alkyl halides is 4. The first-order valence-corrected chi connectivity index (χ1v) is 4.70. The van der Waals surface area contributed by atoms with Gasteiger partial charge in [-0.15, -0.1) is 0 Å². The van der Waals surface area contributed by atoms with Crippen LogP contribution in [-0.4, -0.2) is 14.1 Å². The van der Waals surface area contributed by atoms with E-state index < -0.39 is 7.64 Å². The van der Waals surface area contributed by atoms with Gasteiger partial charge in [-0.2, -0.15) is 0 Å². The highest BCUT2D eigenvalue weighted by Gasteiger charge is 2.27. The van der Waals surface area contributed by atoms with Crippen LogP contribution in [0.3, 0.4) is 0 Å². The summed E-state index contributed by atoms with van der Waals surface area (Å²) in [6, 6.07) is 0. The van der Waals surface area contributed by atoms with Crippen LogP contribution in [-0.2, 0) is 4.79 Å². The van der Waals surface area contributed by atoms with E-state index in [0.717, 1.165) is 0 Å².